The zero-order valence-corrected chi connectivity index (χ0v) is 9.26. The number of halogens is 3. The van der Waals surface area contributed by atoms with E-state index in [1.54, 1.807) is 0 Å². The van der Waals surface area contributed by atoms with Crippen molar-refractivity contribution in [2.24, 2.45) is 0 Å². The number of alkyl halides is 3. The van der Waals surface area contributed by atoms with Crippen molar-refractivity contribution in [2.45, 2.75) is 12.8 Å². The molecule has 1 heterocycles. The molecule has 0 saturated heterocycles. The van der Waals surface area contributed by atoms with Crippen LogP contribution in [0.3, 0.4) is 0 Å². The molecule has 0 aliphatic heterocycles. The third-order valence-electron chi connectivity index (χ3n) is 2.35. The Kier molecular flexibility index (Phi) is 3.18. The molecule has 9 heteroatoms. The van der Waals surface area contributed by atoms with Gasteiger partial charge in [0.05, 0.1) is 22.9 Å². The van der Waals surface area contributed by atoms with Crippen LogP contribution in [0.15, 0.2) is 18.2 Å². The number of aliphatic hydroxyl groups is 1. The van der Waals surface area contributed by atoms with E-state index in [-0.39, 0.29) is 11.5 Å². The van der Waals surface area contributed by atoms with Crippen molar-refractivity contribution >= 4 is 0 Å². The fourth-order valence-corrected chi connectivity index (χ4v) is 1.51. The zero-order chi connectivity index (χ0) is 14.0. The van der Waals surface area contributed by atoms with Crippen LogP contribution in [-0.4, -0.2) is 25.3 Å². The van der Waals surface area contributed by atoms with Crippen LogP contribution >= 0.6 is 0 Å². The summed E-state index contributed by atoms with van der Waals surface area (Å²) >= 11 is 0. The Labute approximate surface area is 104 Å². The van der Waals surface area contributed by atoms with Crippen LogP contribution in [-0.2, 0) is 12.8 Å². The third kappa shape index (κ3) is 2.38. The lowest BCUT2D eigenvalue weighted by Crippen LogP contribution is -2.10. The van der Waals surface area contributed by atoms with Gasteiger partial charge in [-0.1, -0.05) is 0 Å². The van der Waals surface area contributed by atoms with Gasteiger partial charge in [-0.2, -0.15) is 23.1 Å². The van der Waals surface area contributed by atoms with Gasteiger partial charge in [0.15, 0.2) is 5.82 Å². The topological polar surface area (TPSA) is 87.6 Å². The highest BCUT2D eigenvalue weighted by atomic mass is 19.4. The van der Waals surface area contributed by atoms with Gasteiger partial charge in [0.2, 0.25) is 0 Å². The monoisotopic (exact) mass is 269 g/mol. The molecule has 0 amide bonds. The molecular formula is C10H6F3N5O. The Morgan fingerprint density at radius 2 is 2.11 bits per heavy atom. The second kappa shape index (κ2) is 4.66. The Bertz CT molecular complexity index is 643. The molecule has 19 heavy (non-hydrogen) atoms. The summed E-state index contributed by atoms with van der Waals surface area (Å²) in [6, 6.07) is 4.39. The minimum atomic E-state index is -4.61. The number of hydrogen-bond acceptors (Lipinski definition) is 5. The molecule has 0 aliphatic rings. The average Bonchev–Trinajstić information content (AvgIpc) is 2.85. The van der Waals surface area contributed by atoms with Crippen molar-refractivity contribution in [3.8, 4) is 11.8 Å². The Balaban J connectivity index is 2.55. The van der Waals surface area contributed by atoms with Gasteiger partial charge in [0, 0.05) is 0 Å². The highest BCUT2D eigenvalue weighted by molar-refractivity contribution is 5.47. The van der Waals surface area contributed by atoms with E-state index < -0.39 is 23.9 Å². The van der Waals surface area contributed by atoms with Gasteiger partial charge in [0.25, 0.3) is 0 Å². The van der Waals surface area contributed by atoms with Crippen molar-refractivity contribution in [1.29, 1.82) is 5.26 Å². The first-order chi connectivity index (χ1) is 8.97. The van der Waals surface area contributed by atoms with Gasteiger partial charge in [-0.25, -0.2) is 0 Å². The molecule has 0 aliphatic carbocycles. The van der Waals surface area contributed by atoms with Gasteiger partial charge in [-0.3, -0.25) is 0 Å². The average molecular weight is 269 g/mol. The largest absolute Gasteiger partial charge is 0.417 e. The summed E-state index contributed by atoms with van der Waals surface area (Å²) < 4.78 is 38.9. The molecule has 1 N–H and O–H groups in total. The van der Waals surface area contributed by atoms with Crippen molar-refractivity contribution in [1.82, 2.24) is 20.2 Å². The Hall–Kier alpha value is -2.47. The van der Waals surface area contributed by atoms with E-state index in [1.807, 2.05) is 0 Å². The van der Waals surface area contributed by atoms with Crippen molar-refractivity contribution < 1.29 is 18.3 Å². The highest BCUT2D eigenvalue weighted by Crippen LogP contribution is 2.32. The summed E-state index contributed by atoms with van der Waals surface area (Å²) in [5.74, 6) is 0.0589. The second-order valence-corrected chi connectivity index (χ2v) is 3.50. The minimum Gasteiger partial charge on any atom is -0.388 e. The molecular weight excluding hydrogens is 263 g/mol. The van der Waals surface area contributed by atoms with Gasteiger partial charge < -0.3 is 5.11 Å². The summed E-state index contributed by atoms with van der Waals surface area (Å²) in [5.41, 5.74) is -1.40. The number of rotatable bonds is 2. The van der Waals surface area contributed by atoms with E-state index in [0.29, 0.717) is 0 Å². The predicted octanol–water partition coefficient (Wildman–Crippen LogP) is 1.05. The Morgan fingerprint density at radius 3 is 2.68 bits per heavy atom. The maximum Gasteiger partial charge on any atom is 0.417 e. The molecule has 6 nitrogen and oxygen atoms in total. The first-order valence-corrected chi connectivity index (χ1v) is 4.97. The van der Waals surface area contributed by atoms with Crippen molar-refractivity contribution in [3.05, 3.63) is 35.2 Å². The first kappa shape index (κ1) is 13.0. The molecule has 98 valence electrons. The number of aliphatic hydroxyl groups excluding tert-OH is 1. The first-order valence-electron chi connectivity index (χ1n) is 4.97. The molecule has 0 radical (unpaired) electrons. The highest BCUT2D eigenvalue weighted by Gasteiger charge is 2.33. The predicted molar refractivity (Wildman–Crippen MR) is 54.8 cm³/mol. The summed E-state index contributed by atoms with van der Waals surface area (Å²) in [6.07, 6.45) is -4.61. The van der Waals surface area contributed by atoms with E-state index >= 15 is 0 Å². The summed E-state index contributed by atoms with van der Waals surface area (Å²) in [5, 5.41) is 28.0. The Morgan fingerprint density at radius 1 is 1.37 bits per heavy atom. The molecule has 2 rings (SSSR count). The summed E-state index contributed by atoms with van der Waals surface area (Å²) in [7, 11) is 0. The molecule has 0 bridgehead atoms. The fraction of sp³-hybridized carbons (Fsp3) is 0.200. The van der Waals surface area contributed by atoms with E-state index in [1.165, 1.54) is 6.07 Å². The maximum absolute atomic E-state index is 12.6. The van der Waals surface area contributed by atoms with Crippen LogP contribution in [0.25, 0.3) is 5.69 Å². The molecule has 0 spiro atoms. The van der Waals surface area contributed by atoms with Crippen molar-refractivity contribution in [3.63, 3.8) is 0 Å². The van der Waals surface area contributed by atoms with Crippen LogP contribution in [0.4, 0.5) is 13.2 Å². The van der Waals surface area contributed by atoms with Crippen LogP contribution in [0, 0.1) is 11.3 Å². The van der Waals surface area contributed by atoms with Gasteiger partial charge in [-0.15, -0.1) is 5.10 Å². The van der Waals surface area contributed by atoms with Crippen molar-refractivity contribution in [2.75, 3.05) is 0 Å². The molecule has 1 aromatic heterocycles. The second-order valence-electron chi connectivity index (χ2n) is 3.50. The number of benzene rings is 1. The summed E-state index contributed by atoms with van der Waals surface area (Å²) in [6.45, 7) is -0.476. The van der Waals surface area contributed by atoms with Crippen LogP contribution in [0.2, 0.25) is 0 Å². The maximum atomic E-state index is 12.6. The van der Waals surface area contributed by atoms with Crippen LogP contribution in [0.1, 0.15) is 17.0 Å². The minimum absolute atomic E-state index is 0.0589. The lowest BCUT2D eigenvalue weighted by atomic mass is 10.1. The lowest BCUT2D eigenvalue weighted by Gasteiger charge is -2.10. The number of aromatic nitrogens is 4. The molecule has 1 aromatic carbocycles. The van der Waals surface area contributed by atoms with E-state index in [0.717, 1.165) is 22.9 Å². The SMILES string of the molecule is N#Cc1cc(-n2nnnc2CO)ccc1C(F)(F)F. The molecule has 0 unspecified atom stereocenters. The summed E-state index contributed by atoms with van der Waals surface area (Å²) in [4.78, 5) is 0. The smallest absolute Gasteiger partial charge is 0.388 e. The number of nitrogens with zero attached hydrogens (tertiary/aromatic N) is 5. The molecule has 2 aromatic rings. The van der Waals surface area contributed by atoms with Gasteiger partial charge in [-0.05, 0) is 28.6 Å². The zero-order valence-electron chi connectivity index (χ0n) is 9.26. The lowest BCUT2D eigenvalue weighted by molar-refractivity contribution is -0.137. The van der Waals surface area contributed by atoms with Crippen LogP contribution < -0.4 is 0 Å². The van der Waals surface area contributed by atoms with E-state index in [2.05, 4.69) is 15.5 Å². The molecule has 0 fully saturated rings. The fourth-order valence-electron chi connectivity index (χ4n) is 1.51. The number of nitriles is 1. The third-order valence-corrected chi connectivity index (χ3v) is 2.35. The number of hydrogen-bond donors (Lipinski definition) is 1. The normalized spacial score (nSPS) is 11.3. The molecule has 0 saturated carbocycles. The standard InChI is InChI=1S/C10H6F3N5O/c11-10(12,13)8-2-1-7(3-6(8)4-14)18-9(5-19)15-16-17-18/h1-3,19H,5H2. The van der Waals surface area contributed by atoms with E-state index in [4.69, 9.17) is 10.4 Å². The quantitative estimate of drug-likeness (QED) is 0.880. The molecule has 0 atom stereocenters. The number of tetrazole rings is 1. The van der Waals surface area contributed by atoms with Gasteiger partial charge in [0.1, 0.15) is 6.61 Å². The van der Waals surface area contributed by atoms with Gasteiger partial charge >= 0.3 is 6.18 Å². The van der Waals surface area contributed by atoms with Crippen LogP contribution in [0.5, 0.6) is 0 Å². The van der Waals surface area contributed by atoms with E-state index in [9.17, 15) is 13.2 Å².